The Labute approximate surface area is 158 Å². The lowest BCUT2D eigenvalue weighted by Gasteiger charge is -2.22. The van der Waals surface area contributed by atoms with Crippen LogP contribution in [0.4, 0.5) is 9.52 Å². The predicted molar refractivity (Wildman–Crippen MR) is 98.6 cm³/mol. The van der Waals surface area contributed by atoms with Crippen molar-refractivity contribution in [2.75, 3.05) is 18.1 Å². The van der Waals surface area contributed by atoms with Gasteiger partial charge in [0.05, 0.1) is 17.3 Å². The summed E-state index contributed by atoms with van der Waals surface area (Å²) in [6.07, 6.45) is 3.61. The SMILES string of the molecule is O=C(c1nnc2n1CCC2)N(CC1CCCO1)c1nc2c(F)cccc2s1. The van der Waals surface area contributed by atoms with E-state index in [2.05, 4.69) is 15.2 Å². The van der Waals surface area contributed by atoms with Gasteiger partial charge >= 0.3 is 0 Å². The van der Waals surface area contributed by atoms with Crippen molar-refractivity contribution in [2.45, 2.75) is 38.3 Å². The number of ether oxygens (including phenoxy) is 1. The number of aromatic nitrogens is 4. The molecule has 0 bridgehead atoms. The highest BCUT2D eigenvalue weighted by atomic mass is 32.1. The standard InChI is InChI=1S/C18H18FN5O2S/c19-12-5-1-6-13-15(12)20-18(27-13)24(10-11-4-3-9-26-11)17(25)16-22-21-14-7-2-8-23(14)16/h1,5-6,11H,2-4,7-10H2. The molecule has 4 heterocycles. The fourth-order valence-electron chi connectivity index (χ4n) is 3.69. The lowest BCUT2D eigenvalue weighted by Crippen LogP contribution is -2.38. The molecule has 0 saturated carbocycles. The lowest BCUT2D eigenvalue weighted by atomic mass is 10.2. The van der Waals surface area contributed by atoms with Gasteiger partial charge in [0.15, 0.2) is 5.13 Å². The fourth-order valence-corrected chi connectivity index (χ4v) is 4.68. The number of para-hydroxylation sites is 1. The first-order valence-corrected chi connectivity index (χ1v) is 9.93. The molecule has 1 saturated heterocycles. The van der Waals surface area contributed by atoms with Crippen LogP contribution in [-0.4, -0.2) is 44.9 Å². The zero-order valence-electron chi connectivity index (χ0n) is 14.6. The average molecular weight is 387 g/mol. The number of benzene rings is 1. The molecule has 0 spiro atoms. The molecule has 7 nitrogen and oxygen atoms in total. The quantitative estimate of drug-likeness (QED) is 0.688. The normalized spacial score (nSPS) is 18.9. The van der Waals surface area contributed by atoms with Crippen molar-refractivity contribution in [1.29, 1.82) is 0 Å². The number of thiazole rings is 1. The summed E-state index contributed by atoms with van der Waals surface area (Å²) in [6, 6.07) is 4.84. The third-order valence-corrected chi connectivity index (χ3v) is 6.09. The molecule has 140 valence electrons. The molecule has 1 unspecified atom stereocenters. The Morgan fingerprint density at radius 2 is 2.30 bits per heavy atom. The van der Waals surface area contributed by atoms with Gasteiger partial charge in [-0.1, -0.05) is 17.4 Å². The molecule has 0 radical (unpaired) electrons. The van der Waals surface area contributed by atoms with E-state index >= 15 is 0 Å². The summed E-state index contributed by atoms with van der Waals surface area (Å²) in [5.41, 5.74) is 0.286. The summed E-state index contributed by atoms with van der Waals surface area (Å²) >= 11 is 1.30. The maximum absolute atomic E-state index is 14.1. The number of fused-ring (bicyclic) bond motifs is 2. The van der Waals surface area contributed by atoms with E-state index in [1.807, 2.05) is 10.6 Å². The van der Waals surface area contributed by atoms with E-state index in [0.29, 0.717) is 28.8 Å². The second-order valence-electron chi connectivity index (χ2n) is 6.83. The lowest BCUT2D eigenvalue weighted by molar-refractivity contribution is 0.0905. The van der Waals surface area contributed by atoms with E-state index in [-0.39, 0.29) is 23.3 Å². The van der Waals surface area contributed by atoms with Gasteiger partial charge in [-0.3, -0.25) is 9.69 Å². The molecular formula is C18H18FN5O2S. The van der Waals surface area contributed by atoms with E-state index in [9.17, 15) is 9.18 Å². The number of carbonyl (C=O) groups is 1. The minimum atomic E-state index is -0.386. The van der Waals surface area contributed by atoms with Crippen LogP contribution in [-0.2, 0) is 17.7 Å². The molecule has 5 rings (SSSR count). The van der Waals surface area contributed by atoms with Gasteiger partial charge < -0.3 is 9.30 Å². The molecule has 1 amide bonds. The predicted octanol–water partition coefficient (Wildman–Crippen LogP) is 2.80. The van der Waals surface area contributed by atoms with Crippen molar-refractivity contribution in [2.24, 2.45) is 0 Å². The van der Waals surface area contributed by atoms with Crippen LogP contribution < -0.4 is 4.90 Å². The van der Waals surface area contributed by atoms with Gasteiger partial charge in [-0.2, -0.15) is 0 Å². The Hall–Kier alpha value is -2.39. The summed E-state index contributed by atoms with van der Waals surface area (Å²) in [7, 11) is 0. The van der Waals surface area contributed by atoms with Crippen LogP contribution in [0.1, 0.15) is 35.7 Å². The molecule has 2 aromatic heterocycles. The first-order chi connectivity index (χ1) is 13.2. The maximum atomic E-state index is 14.1. The topological polar surface area (TPSA) is 73.1 Å². The minimum absolute atomic E-state index is 0.0493. The van der Waals surface area contributed by atoms with E-state index in [1.165, 1.54) is 17.4 Å². The van der Waals surface area contributed by atoms with Gasteiger partial charge in [0.2, 0.25) is 5.82 Å². The number of carbonyl (C=O) groups excluding carboxylic acids is 1. The van der Waals surface area contributed by atoms with Crippen molar-refractivity contribution in [3.63, 3.8) is 0 Å². The number of amides is 1. The second kappa shape index (κ2) is 6.65. The number of rotatable bonds is 4. The molecule has 2 aliphatic rings. The van der Waals surface area contributed by atoms with E-state index < -0.39 is 0 Å². The Balaban J connectivity index is 1.55. The molecule has 1 atom stereocenters. The first kappa shape index (κ1) is 16.8. The molecule has 3 aromatic rings. The highest BCUT2D eigenvalue weighted by Crippen LogP contribution is 2.32. The van der Waals surface area contributed by atoms with Gasteiger partial charge in [0, 0.05) is 19.6 Å². The van der Waals surface area contributed by atoms with E-state index in [4.69, 9.17) is 4.74 Å². The zero-order valence-corrected chi connectivity index (χ0v) is 15.4. The first-order valence-electron chi connectivity index (χ1n) is 9.11. The summed E-state index contributed by atoms with van der Waals surface area (Å²) in [6.45, 7) is 1.82. The largest absolute Gasteiger partial charge is 0.376 e. The fraction of sp³-hybridized carbons (Fsp3) is 0.444. The van der Waals surface area contributed by atoms with Crippen molar-refractivity contribution < 1.29 is 13.9 Å². The average Bonchev–Trinajstić information content (AvgIpc) is 3.42. The third kappa shape index (κ3) is 2.90. The molecule has 1 fully saturated rings. The van der Waals surface area contributed by atoms with Crippen molar-refractivity contribution in [1.82, 2.24) is 19.7 Å². The Bertz CT molecular complexity index is 1010. The monoisotopic (exact) mass is 387 g/mol. The molecule has 27 heavy (non-hydrogen) atoms. The highest BCUT2D eigenvalue weighted by molar-refractivity contribution is 7.22. The summed E-state index contributed by atoms with van der Waals surface area (Å²) in [5, 5.41) is 8.72. The van der Waals surface area contributed by atoms with Crippen LogP contribution in [0.5, 0.6) is 0 Å². The van der Waals surface area contributed by atoms with Gasteiger partial charge in [-0.05, 0) is 31.4 Å². The number of nitrogens with zero attached hydrogens (tertiary/aromatic N) is 5. The van der Waals surface area contributed by atoms with E-state index in [1.54, 1.807) is 11.0 Å². The number of hydrogen-bond acceptors (Lipinski definition) is 6. The van der Waals surface area contributed by atoms with Gasteiger partial charge in [-0.15, -0.1) is 10.2 Å². The Morgan fingerprint density at radius 1 is 1.37 bits per heavy atom. The van der Waals surface area contributed by atoms with Crippen LogP contribution in [0.25, 0.3) is 10.2 Å². The second-order valence-corrected chi connectivity index (χ2v) is 7.84. The van der Waals surface area contributed by atoms with Gasteiger partial charge in [0.25, 0.3) is 5.91 Å². The molecule has 0 N–H and O–H groups in total. The van der Waals surface area contributed by atoms with Gasteiger partial charge in [0.1, 0.15) is 17.2 Å². The van der Waals surface area contributed by atoms with E-state index in [0.717, 1.165) is 38.1 Å². The Kier molecular flexibility index (Phi) is 4.13. The third-order valence-electron chi connectivity index (χ3n) is 5.05. The van der Waals surface area contributed by atoms with Gasteiger partial charge in [-0.25, -0.2) is 9.37 Å². The Morgan fingerprint density at radius 3 is 3.11 bits per heavy atom. The molecule has 9 heteroatoms. The van der Waals surface area contributed by atoms with Crippen LogP contribution in [0.3, 0.4) is 0 Å². The molecule has 1 aromatic carbocycles. The van der Waals surface area contributed by atoms with Crippen LogP contribution in [0, 0.1) is 5.82 Å². The molecule has 2 aliphatic heterocycles. The number of halogens is 1. The minimum Gasteiger partial charge on any atom is -0.376 e. The highest BCUT2D eigenvalue weighted by Gasteiger charge is 2.31. The summed E-state index contributed by atoms with van der Waals surface area (Å²) < 4.78 is 22.4. The number of anilines is 1. The van der Waals surface area contributed by atoms with Crippen LogP contribution in [0.15, 0.2) is 18.2 Å². The van der Waals surface area contributed by atoms with Crippen molar-refractivity contribution in [3.05, 3.63) is 35.7 Å². The number of hydrogen-bond donors (Lipinski definition) is 0. The summed E-state index contributed by atoms with van der Waals surface area (Å²) in [5.74, 6) is 0.513. The summed E-state index contributed by atoms with van der Waals surface area (Å²) in [4.78, 5) is 19.3. The maximum Gasteiger partial charge on any atom is 0.298 e. The molecular weight excluding hydrogens is 369 g/mol. The zero-order chi connectivity index (χ0) is 18.4. The van der Waals surface area contributed by atoms with Crippen molar-refractivity contribution >= 4 is 32.6 Å². The van der Waals surface area contributed by atoms with Crippen LogP contribution in [0.2, 0.25) is 0 Å². The molecule has 0 aliphatic carbocycles. The smallest absolute Gasteiger partial charge is 0.298 e. The van der Waals surface area contributed by atoms with Crippen LogP contribution >= 0.6 is 11.3 Å². The number of aryl methyl sites for hydroxylation is 1. The van der Waals surface area contributed by atoms with Crippen molar-refractivity contribution in [3.8, 4) is 0 Å².